The minimum atomic E-state index is -0.802. The average Bonchev–Trinajstić information content (AvgIpc) is 3.21. The molecule has 0 aliphatic carbocycles. The van der Waals surface area contributed by atoms with E-state index in [2.05, 4.69) is 25.6 Å². The van der Waals surface area contributed by atoms with E-state index in [9.17, 15) is 14.0 Å². The molecule has 0 amide bonds. The maximum Gasteiger partial charge on any atom is 0.269 e. The maximum atomic E-state index is 13.6. The first-order valence-electron chi connectivity index (χ1n) is 6.84. The number of carbonyl (C=O) groups excluding carboxylic acids is 2. The van der Waals surface area contributed by atoms with Gasteiger partial charge in [-0.2, -0.15) is 5.21 Å². The number of hydrogen-bond acceptors (Lipinski definition) is 5. The van der Waals surface area contributed by atoms with Crippen LogP contribution in [0, 0.1) is 5.82 Å². The van der Waals surface area contributed by atoms with Crippen LogP contribution in [0.3, 0.4) is 0 Å². The summed E-state index contributed by atoms with van der Waals surface area (Å²) in [5.41, 5.74) is 1.95. The van der Waals surface area contributed by atoms with E-state index in [4.69, 9.17) is 0 Å². The molecule has 0 aliphatic heterocycles. The van der Waals surface area contributed by atoms with Gasteiger partial charge in [0.1, 0.15) is 5.82 Å². The fourth-order valence-corrected chi connectivity index (χ4v) is 2.19. The Morgan fingerprint density at radius 1 is 1.22 bits per heavy atom. The van der Waals surface area contributed by atoms with E-state index in [0.29, 0.717) is 17.7 Å². The van der Waals surface area contributed by atoms with Crippen molar-refractivity contribution in [2.45, 2.75) is 12.8 Å². The Hall–Kier alpha value is -3.16. The van der Waals surface area contributed by atoms with Crippen molar-refractivity contribution in [3.63, 3.8) is 0 Å². The van der Waals surface area contributed by atoms with Gasteiger partial charge >= 0.3 is 0 Å². The van der Waals surface area contributed by atoms with Crippen LogP contribution in [0.25, 0.3) is 0 Å². The molecule has 0 atom stereocenters. The monoisotopic (exact) mass is 313 g/mol. The Labute approximate surface area is 129 Å². The molecule has 0 aliphatic rings. The van der Waals surface area contributed by atoms with Gasteiger partial charge in [-0.05, 0) is 28.5 Å². The van der Waals surface area contributed by atoms with Gasteiger partial charge in [0.25, 0.3) is 5.78 Å². The Morgan fingerprint density at radius 2 is 2.04 bits per heavy atom. The number of tetrazole rings is 1. The third-order valence-electron chi connectivity index (χ3n) is 3.31. The van der Waals surface area contributed by atoms with E-state index >= 15 is 0 Å². The van der Waals surface area contributed by atoms with Gasteiger partial charge in [0.05, 0.1) is 6.42 Å². The fourth-order valence-electron chi connectivity index (χ4n) is 2.19. The average molecular weight is 313 g/mol. The summed E-state index contributed by atoms with van der Waals surface area (Å²) >= 11 is 0. The van der Waals surface area contributed by atoms with E-state index in [1.807, 2.05) is 0 Å². The summed E-state index contributed by atoms with van der Waals surface area (Å²) in [5, 5.41) is 12.3. The Kier molecular flexibility index (Phi) is 4.05. The van der Waals surface area contributed by atoms with Gasteiger partial charge in [0.15, 0.2) is 0 Å². The lowest BCUT2D eigenvalue weighted by molar-refractivity contribution is -0.114. The van der Waals surface area contributed by atoms with Crippen LogP contribution in [0.15, 0.2) is 36.5 Å². The molecule has 0 unspecified atom stereocenters. The first-order valence-corrected chi connectivity index (χ1v) is 6.84. The second-order valence-electron chi connectivity index (χ2n) is 4.97. The predicted molar refractivity (Wildman–Crippen MR) is 77.2 cm³/mol. The quantitative estimate of drug-likeness (QED) is 0.526. The highest BCUT2D eigenvalue weighted by Crippen LogP contribution is 2.14. The van der Waals surface area contributed by atoms with Gasteiger partial charge in [-0.3, -0.25) is 9.59 Å². The summed E-state index contributed by atoms with van der Waals surface area (Å²) in [6.45, 7) is 0. The van der Waals surface area contributed by atoms with Gasteiger partial charge in [-0.25, -0.2) is 4.39 Å². The summed E-state index contributed by atoms with van der Waals surface area (Å²) in [7, 11) is 0. The van der Waals surface area contributed by atoms with Crippen LogP contribution in [0.2, 0.25) is 0 Å². The zero-order valence-corrected chi connectivity index (χ0v) is 11.9. The largest absolute Gasteiger partial charge is 0.364 e. The normalized spacial score (nSPS) is 10.7. The number of aromatic nitrogens is 5. The molecule has 3 rings (SSSR count). The number of H-pyrrole nitrogens is 2. The van der Waals surface area contributed by atoms with Gasteiger partial charge in [-0.1, -0.05) is 18.2 Å². The zero-order chi connectivity index (χ0) is 16.2. The number of hydrogen-bond donors (Lipinski definition) is 2. The molecule has 0 radical (unpaired) electrons. The topological polar surface area (TPSA) is 104 Å². The second kappa shape index (κ2) is 6.30. The lowest BCUT2D eigenvalue weighted by Gasteiger charge is -2.00. The number of nitrogens with one attached hydrogen (secondary N) is 2. The van der Waals surface area contributed by atoms with Crippen molar-refractivity contribution in [2.75, 3.05) is 0 Å². The van der Waals surface area contributed by atoms with Crippen molar-refractivity contribution in [3.05, 3.63) is 65.0 Å². The highest BCUT2D eigenvalue weighted by Gasteiger charge is 2.21. The number of carbonyl (C=O) groups is 2. The maximum absolute atomic E-state index is 13.6. The summed E-state index contributed by atoms with van der Waals surface area (Å²) in [4.78, 5) is 26.6. The molecule has 0 spiro atoms. The van der Waals surface area contributed by atoms with Crippen LogP contribution in [-0.2, 0) is 17.6 Å². The molecule has 0 fully saturated rings. The third-order valence-corrected chi connectivity index (χ3v) is 3.31. The van der Waals surface area contributed by atoms with Crippen LogP contribution in [0.1, 0.15) is 27.4 Å². The molecule has 116 valence electrons. The predicted octanol–water partition coefficient (Wildman–Crippen LogP) is 1.25. The van der Waals surface area contributed by atoms with Gasteiger partial charge < -0.3 is 4.98 Å². The number of nitrogens with zero attached hydrogens (tertiary/aromatic N) is 3. The minimum absolute atomic E-state index is 0.107. The number of aromatic amines is 2. The summed E-state index contributed by atoms with van der Waals surface area (Å²) < 4.78 is 13.6. The molecule has 2 aromatic heterocycles. The van der Waals surface area contributed by atoms with Crippen molar-refractivity contribution in [3.8, 4) is 0 Å². The number of halogens is 1. The van der Waals surface area contributed by atoms with E-state index in [0.717, 1.165) is 5.56 Å². The van der Waals surface area contributed by atoms with Crippen molar-refractivity contribution in [1.82, 2.24) is 25.6 Å². The smallest absolute Gasteiger partial charge is 0.269 e. The van der Waals surface area contributed by atoms with Gasteiger partial charge in [0, 0.05) is 18.3 Å². The lowest BCUT2D eigenvalue weighted by atomic mass is 10.1. The molecule has 0 bridgehead atoms. The van der Waals surface area contributed by atoms with Crippen molar-refractivity contribution in [2.24, 2.45) is 0 Å². The lowest BCUT2D eigenvalue weighted by Crippen LogP contribution is -2.18. The molecule has 7 nitrogen and oxygen atoms in total. The van der Waals surface area contributed by atoms with Crippen molar-refractivity contribution in [1.29, 1.82) is 0 Å². The van der Waals surface area contributed by atoms with Crippen LogP contribution >= 0.6 is 0 Å². The third kappa shape index (κ3) is 3.37. The number of ketones is 2. The van der Waals surface area contributed by atoms with E-state index in [1.165, 1.54) is 6.07 Å². The molecule has 2 heterocycles. The van der Waals surface area contributed by atoms with Crippen LogP contribution in [-0.4, -0.2) is 37.2 Å². The van der Waals surface area contributed by atoms with Crippen LogP contribution in [0.5, 0.6) is 0 Å². The Balaban J connectivity index is 1.67. The SMILES string of the molecule is O=C(Cc1cc(Cc2ccccc2F)c[nH]1)C(=O)c1nn[nH]n1. The highest BCUT2D eigenvalue weighted by atomic mass is 19.1. The summed E-state index contributed by atoms with van der Waals surface area (Å²) in [6, 6.07) is 8.22. The fraction of sp³-hybridized carbons (Fsp3) is 0.133. The highest BCUT2D eigenvalue weighted by molar-refractivity contribution is 6.42. The van der Waals surface area contributed by atoms with E-state index in [1.54, 1.807) is 30.5 Å². The van der Waals surface area contributed by atoms with Gasteiger partial charge in [0.2, 0.25) is 11.6 Å². The summed E-state index contributed by atoms with van der Waals surface area (Å²) in [5.74, 6) is -1.98. The van der Waals surface area contributed by atoms with Crippen molar-refractivity contribution >= 4 is 11.6 Å². The molecule has 8 heteroatoms. The standard InChI is InChI=1S/C15H12FN5O2/c16-12-4-2-1-3-10(12)5-9-6-11(17-8-9)7-13(22)14(23)15-18-20-21-19-15/h1-4,6,8,17H,5,7H2,(H,18,19,20,21). The molecule has 3 aromatic rings. The van der Waals surface area contributed by atoms with Crippen molar-refractivity contribution < 1.29 is 14.0 Å². The second-order valence-corrected chi connectivity index (χ2v) is 4.97. The molecule has 2 N–H and O–H groups in total. The molecule has 0 saturated carbocycles. The van der Waals surface area contributed by atoms with E-state index in [-0.39, 0.29) is 18.1 Å². The molecule has 1 aromatic carbocycles. The van der Waals surface area contributed by atoms with Crippen LogP contribution < -0.4 is 0 Å². The van der Waals surface area contributed by atoms with Crippen LogP contribution in [0.4, 0.5) is 4.39 Å². The number of Topliss-reactive ketones (excluding diaryl/α,β-unsaturated/α-hetero) is 2. The number of benzene rings is 1. The Morgan fingerprint density at radius 3 is 2.78 bits per heavy atom. The Bertz CT molecular complexity index is 841. The molecular formula is C15H12FN5O2. The van der Waals surface area contributed by atoms with E-state index < -0.39 is 11.6 Å². The zero-order valence-electron chi connectivity index (χ0n) is 11.9. The molecule has 23 heavy (non-hydrogen) atoms. The molecule has 0 saturated heterocycles. The number of rotatable bonds is 6. The first-order chi connectivity index (χ1) is 11.1. The minimum Gasteiger partial charge on any atom is -0.364 e. The summed E-state index contributed by atoms with van der Waals surface area (Å²) in [6.07, 6.45) is 1.98. The molecular weight excluding hydrogens is 301 g/mol. The first kappa shape index (κ1) is 14.8. The van der Waals surface area contributed by atoms with Gasteiger partial charge in [-0.15, -0.1) is 10.2 Å².